The fourth-order valence-electron chi connectivity index (χ4n) is 1.65. The lowest BCUT2D eigenvalue weighted by Crippen LogP contribution is -1.91. The number of furan rings is 1. The fraction of sp³-hybridized carbons (Fsp3) is 0.0909. The molecule has 3 aromatic rings. The van der Waals surface area contributed by atoms with Gasteiger partial charge in [-0.25, -0.2) is 0 Å². The first-order valence-corrected chi connectivity index (χ1v) is 5.31. The Kier molecular flexibility index (Phi) is 2.26. The molecule has 86 valence electrons. The Balaban J connectivity index is 2.25. The first kappa shape index (κ1) is 10.2. The van der Waals surface area contributed by atoms with Crippen LogP contribution in [-0.2, 0) is 0 Å². The summed E-state index contributed by atoms with van der Waals surface area (Å²) < 4.78 is 12.3. The van der Waals surface area contributed by atoms with E-state index in [-0.39, 0.29) is 0 Å². The number of halogens is 1. The number of fused-ring (bicyclic) bond motifs is 1. The minimum absolute atomic E-state index is 0.319. The summed E-state index contributed by atoms with van der Waals surface area (Å²) >= 11 is 5.74. The van der Waals surface area contributed by atoms with Gasteiger partial charge in [-0.1, -0.05) is 0 Å². The van der Waals surface area contributed by atoms with E-state index in [1.54, 1.807) is 23.6 Å². The molecule has 0 radical (unpaired) electrons. The average molecular weight is 250 g/mol. The van der Waals surface area contributed by atoms with Gasteiger partial charge in [0.2, 0.25) is 11.5 Å². The summed E-state index contributed by atoms with van der Waals surface area (Å²) in [7, 11) is 1.59. The van der Waals surface area contributed by atoms with Crippen LogP contribution in [0, 0.1) is 0 Å². The molecule has 0 aromatic carbocycles. The predicted molar refractivity (Wildman–Crippen MR) is 62.3 cm³/mol. The topological polar surface area (TPSA) is 52.6 Å². The predicted octanol–water partition coefficient (Wildman–Crippen LogP) is 2.65. The molecule has 0 amide bonds. The van der Waals surface area contributed by atoms with Crippen LogP contribution in [-0.4, -0.2) is 21.7 Å². The van der Waals surface area contributed by atoms with Gasteiger partial charge in [-0.15, -0.1) is 10.2 Å². The molecule has 0 spiro atoms. The highest BCUT2D eigenvalue weighted by Gasteiger charge is 2.13. The fourth-order valence-corrected chi connectivity index (χ4v) is 1.80. The third kappa shape index (κ3) is 1.55. The number of hydrogen-bond donors (Lipinski definition) is 0. The molecule has 17 heavy (non-hydrogen) atoms. The second-order valence-corrected chi connectivity index (χ2v) is 3.77. The van der Waals surface area contributed by atoms with E-state index in [2.05, 4.69) is 10.2 Å². The molecule has 3 aromatic heterocycles. The van der Waals surface area contributed by atoms with Crippen LogP contribution in [0.15, 0.2) is 34.9 Å². The van der Waals surface area contributed by atoms with Gasteiger partial charge in [0.1, 0.15) is 0 Å². The van der Waals surface area contributed by atoms with Crippen molar-refractivity contribution in [1.82, 2.24) is 14.6 Å². The Bertz CT molecular complexity index is 674. The molecule has 0 atom stereocenters. The van der Waals surface area contributed by atoms with E-state index >= 15 is 0 Å². The highest BCUT2D eigenvalue weighted by Crippen LogP contribution is 2.26. The summed E-state index contributed by atoms with van der Waals surface area (Å²) in [4.78, 5) is 0. The van der Waals surface area contributed by atoms with E-state index in [4.69, 9.17) is 20.8 Å². The van der Waals surface area contributed by atoms with Gasteiger partial charge in [-0.3, -0.25) is 4.40 Å². The van der Waals surface area contributed by atoms with E-state index in [0.29, 0.717) is 28.2 Å². The van der Waals surface area contributed by atoms with Crippen molar-refractivity contribution in [3.63, 3.8) is 0 Å². The van der Waals surface area contributed by atoms with Crippen molar-refractivity contribution in [2.24, 2.45) is 0 Å². The molecule has 0 saturated heterocycles. The Labute approximate surface area is 102 Å². The van der Waals surface area contributed by atoms with Crippen molar-refractivity contribution in [3.8, 4) is 17.3 Å². The molecule has 0 bridgehead atoms. The van der Waals surface area contributed by atoms with Crippen molar-refractivity contribution >= 4 is 17.2 Å². The number of nitrogens with zero attached hydrogens (tertiary/aromatic N) is 3. The van der Waals surface area contributed by atoms with Gasteiger partial charge < -0.3 is 9.15 Å². The van der Waals surface area contributed by atoms with E-state index in [9.17, 15) is 0 Å². The smallest absolute Gasteiger partial charge is 0.204 e. The summed E-state index contributed by atoms with van der Waals surface area (Å²) in [5, 5.41) is 8.45. The molecule has 0 aliphatic heterocycles. The molecule has 0 N–H and O–H groups in total. The van der Waals surface area contributed by atoms with Crippen LogP contribution in [0.25, 0.3) is 17.2 Å². The van der Waals surface area contributed by atoms with E-state index in [0.717, 1.165) is 0 Å². The number of hydrogen-bond acceptors (Lipinski definition) is 4. The van der Waals surface area contributed by atoms with Gasteiger partial charge in [0.15, 0.2) is 16.7 Å². The Morgan fingerprint density at radius 1 is 1.29 bits per heavy atom. The quantitative estimate of drug-likeness (QED) is 0.701. The van der Waals surface area contributed by atoms with E-state index in [1.807, 2.05) is 18.3 Å². The van der Waals surface area contributed by atoms with Gasteiger partial charge in [-0.2, -0.15) is 0 Å². The second kappa shape index (κ2) is 3.78. The normalized spacial score (nSPS) is 10.9. The zero-order valence-electron chi connectivity index (χ0n) is 8.92. The van der Waals surface area contributed by atoms with Crippen LogP contribution in [0.5, 0.6) is 5.75 Å². The highest BCUT2D eigenvalue weighted by molar-refractivity contribution is 6.28. The molecular weight excluding hydrogens is 242 g/mol. The summed E-state index contributed by atoms with van der Waals surface area (Å²) in [5.74, 6) is 1.81. The third-order valence-electron chi connectivity index (χ3n) is 2.41. The second-order valence-electron chi connectivity index (χ2n) is 3.40. The van der Waals surface area contributed by atoms with Crippen molar-refractivity contribution < 1.29 is 9.15 Å². The molecule has 3 heterocycles. The molecule has 0 saturated carbocycles. The van der Waals surface area contributed by atoms with Crippen LogP contribution in [0.1, 0.15) is 0 Å². The van der Waals surface area contributed by atoms with E-state index in [1.165, 1.54) is 0 Å². The van der Waals surface area contributed by atoms with Gasteiger partial charge in [-0.05, 0) is 35.9 Å². The van der Waals surface area contributed by atoms with Crippen LogP contribution in [0.4, 0.5) is 0 Å². The molecule has 0 fully saturated rings. The maximum absolute atomic E-state index is 5.74. The summed E-state index contributed by atoms with van der Waals surface area (Å²) in [6, 6.07) is 7.09. The number of aromatic nitrogens is 3. The lowest BCUT2D eigenvalue weighted by atomic mass is 10.4. The molecule has 5 nitrogen and oxygen atoms in total. The minimum Gasteiger partial charge on any atom is -0.493 e. The van der Waals surface area contributed by atoms with Crippen LogP contribution in [0.3, 0.4) is 0 Å². The summed E-state index contributed by atoms with van der Waals surface area (Å²) in [6.45, 7) is 0. The largest absolute Gasteiger partial charge is 0.493 e. The highest BCUT2D eigenvalue weighted by atomic mass is 35.5. The van der Waals surface area contributed by atoms with Crippen molar-refractivity contribution in [3.05, 3.63) is 35.7 Å². The Morgan fingerprint density at radius 2 is 2.18 bits per heavy atom. The minimum atomic E-state index is 0.319. The lowest BCUT2D eigenvalue weighted by molar-refractivity contribution is 0.417. The summed E-state index contributed by atoms with van der Waals surface area (Å²) in [5.41, 5.74) is 0.637. The van der Waals surface area contributed by atoms with E-state index < -0.39 is 0 Å². The van der Waals surface area contributed by atoms with Gasteiger partial charge in [0.05, 0.1) is 7.11 Å². The van der Waals surface area contributed by atoms with Gasteiger partial charge in [0.25, 0.3) is 0 Å². The molecule has 3 rings (SSSR count). The third-order valence-corrected chi connectivity index (χ3v) is 2.62. The molecule has 6 heteroatoms. The first-order valence-electron chi connectivity index (χ1n) is 4.93. The van der Waals surface area contributed by atoms with Crippen LogP contribution >= 0.6 is 11.6 Å². The average Bonchev–Trinajstić information content (AvgIpc) is 2.94. The first-order chi connectivity index (χ1) is 8.29. The number of ether oxygens (including phenoxy) is 1. The molecule has 0 aliphatic carbocycles. The van der Waals surface area contributed by atoms with Crippen molar-refractivity contribution in [2.75, 3.05) is 7.11 Å². The standard InChI is InChI=1S/C11H8ClN3O2/c1-16-7-3-2-6-15-10(7)13-14-11(15)8-4-5-9(12)17-8/h2-6H,1H3. The van der Waals surface area contributed by atoms with Crippen LogP contribution in [0.2, 0.25) is 5.22 Å². The summed E-state index contributed by atoms with van der Waals surface area (Å²) in [6.07, 6.45) is 1.84. The van der Waals surface area contributed by atoms with Gasteiger partial charge in [0, 0.05) is 6.20 Å². The van der Waals surface area contributed by atoms with Crippen LogP contribution < -0.4 is 4.74 Å². The Hall–Kier alpha value is -2.01. The molecule has 0 aliphatic rings. The zero-order valence-corrected chi connectivity index (χ0v) is 9.68. The maximum Gasteiger partial charge on any atom is 0.204 e. The van der Waals surface area contributed by atoms with Gasteiger partial charge >= 0.3 is 0 Å². The zero-order chi connectivity index (χ0) is 11.8. The number of pyridine rings is 1. The lowest BCUT2D eigenvalue weighted by Gasteiger charge is -2.01. The monoisotopic (exact) mass is 249 g/mol. The number of methoxy groups -OCH3 is 1. The maximum atomic E-state index is 5.74. The Morgan fingerprint density at radius 3 is 2.88 bits per heavy atom. The molecule has 0 unspecified atom stereocenters. The number of rotatable bonds is 2. The van der Waals surface area contributed by atoms with Crippen molar-refractivity contribution in [1.29, 1.82) is 0 Å². The SMILES string of the molecule is COc1cccn2c(-c3ccc(Cl)o3)nnc12. The molecular formula is C11H8ClN3O2. The van der Waals surface area contributed by atoms with Crippen molar-refractivity contribution in [2.45, 2.75) is 0 Å².